The SMILES string of the molecule is CCCCn1c(=O)c(C(=O)O)c(-c2cccc(Br)c2)c2cccnc21. The zero-order valence-electron chi connectivity index (χ0n) is 13.7. The van der Waals surface area contributed by atoms with Crippen molar-refractivity contribution >= 4 is 32.9 Å². The van der Waals surface area contributed by atoms with E-state index in [9.17, 15) is 14.7 Å². The maximum atomic E-state index is 12.9. The third-order valence-electron chi connectivity index (χ3n) is 4.08. The van der Waals surface area contributed by atoms with Gasteiger partial charge in [-0.15, -0.1) is 0 Å². The van der Waals surface area contributed by atoms with E-state index in [4.69, 9.17) is 0 Å². The lowest BCUT2D eigenvalue weighted by atomic mass is 9.97. The van der Waals surface area contributed by atoms with Crippen LogP contribution in [0, 0.1) is 0 Å². The number of aryl methyl sites for hydroxylation is 1. The lowest BCUT2D eigenvalue weighted by Gasteiger charge is -2.15. The average Bonchev–Trinajstić information content (AvgIpc) is 2.59. The molecule has 0 saturated heterocycles. The van der Waals surface area contributed by atoms with Gasteiger partial charge in [0.05, 0.1) is 0 Å². The van der Waals surface area contributed by atoms with Gasteiger partial charge in [0, 0.05) is 28.2 Å². The van der Waals surface area contributed by atoms with Crippen LogP contribution in [0.15, 0.2) is 51.9 Å². The van der Waals surface area contributed by atoms with Crippen LogP contribution in [-0.2, 0) is 6.54 Å². The Morgan fingerprint density at radius 1 is 1.28 bits per heavy atom. The predicted molar refractivity (Wildman–Crippen MR) is 101 cm³/mol. The molecule has 0 spiro atoms. The molecule has 0 aliphatic rings. The molecular weight excluding hydrogens is 384 g/mol. The van der Waals surface area contributed by atoms with Crippen LogP contribution in [-0.4, -0.2) is 20.6 Å². The molecule has 2 heterocycles. The number of hydrogen-bond acceptors (Lipinski definition) is 3. The number of fused-ring (bicyclic) bond motifs is 1. The Bertz CT molecular complexity index is 1010. The number of rotatable bonds is 5. The van der Waals surface area contributed by atoms with Crippen molar-refractivity contribution < 1.29 is 9.90 Å². The third kappa shape index (κ3) is 3.22. The normalized spacial score (nSPS) is 11.0. The summed E-state index contributed by atoms with van der Waals surface area (Å²) in [7, 11) is 0. The van der Waals surface area contributed by atoms with Crippen LogP contribution in [0.4, 0.5) is 0 Å². The number of halogens is 1. The molecule has 6 heteroatoms. The van der Waals surface area contributed by atoms with E-state index in [0.717, 1.165) is 17.3 Å². The number of hydrogen-bond donors (Lipinski definition) is 1. The molecule has 128 valence electrons. The van der Waals surface area contributed by atoms with Gasteiger partial charge in [0.15, 0.2) is 0 Å². The van der Waals surface area contributed by atoms with Crippen molar-refractivity contribution in [2.75, 3.05) is 0 Å². The fourth-order valence-corrected chi connectivity index (χ4v) is 3.35. The highest BCUT2D eigenvalue weighted by molar-refractivity contribution is 9.10. The van der Waals surface area contributed by atoms with Gasteiger partial charge in [-0.3, -0.25) is 9.36 Å². The van der Waals surface area contributed by atoms with Gasteiger partial charge in [-0.2, -0.15) is 0 Å². The summed E-state index contributed by atoms with van der Waals surface area (Å²) in [6, 6.07) is 10.8. The smallest absolute Gasteiger partial charge is 0.342 e. The molecule has 3 rings (SSSR count). The Morgan fingerprint density at radius 2 is 2.08 bits per heavy atom. The van der Waals surface area contributed by atoms with Crippen molar-refractivity contribution in [3.8, 4) is 11.1 Å². The zero-order valence-corrected chi connectivity index (χ0v) is 15.3. The van der Waals surface area contributed by atoms with Crippen LogP contribution in [0.1, 0.15) is 30.1 Å². The Labute approximate surface area is 153 Å². The van der Waals surface area contributed by atoms with Crippen LogP contribution in [0.3, 0.4) is 0 Å². The number of aromatic nitrogens is 2. The minimum Gasteiger partial charge on any atom is -0.477 e. The summed E-state index contributed by atoms with van der Waals surface area (Å²) >= 11 is 3.41. The van der Waals surface area contributed by atoms with E-state index < -0.39 is 11.5 Å². The van der Waals surface area contributed by atoms with E-state index in [1.165, 1.54) is 4.57 Å². The molecule has 25 heavy (non-hydrogen) atoms. The van der Waals surface area contributed by atoms with Gasteiger partial charge >= 0.3 is 5.97 Å². The molecule has 0 bridgehead atoms. The van der Waals surface area contributed by atoms with Crippen LogP contribution >= 0.6 is 15.9 Å². The number of unbranched alkanes of at least 4 members (excludes halogenated alkanes) is 1. The topological polar surface area (TPSA) is 72.2 Å². The van der Waals surface area contributed by atoms with E-state index in [1.807, 2.05) is 31.2 Å². The Kier molecular flexibility index (Phi) is 4.99. The first-order valence-corrected chi connectivity index (χ1v) is 8.84. The molecule has 3 aromatic rings. The van der Waals surface area contributed by atoms with Crippen molar-refractivity contribution in [3.05, 3.63) is 63.0 Å². The molecule has 0 unspecified atom stereocenters. The van der Waals surface area contributed by atoms with E-state index in [0.29, 0.717) is 28.7 Å². The summed E-state index contributed by atoms with van der Waals surface area (Å²) < 4.78 is 2.29. The number of carboxylic acid groups (broad SMARTS) is 1. The summed E-state index contributed by atoms with van der Waals surface area (Å²) in [6.45, 7) is 2.47. The second-order valence-corrected chi connectivity index (χ2v) is 6.67. The van der Waals surface area contributed by atoms with Gasteiger partial charge < -0.3 is 5.11 Å². The molecule has 0 fully saturated rings. The number of carboxylic acids is 1. The van der Waals surface area contributed by atoms with Crippen LogP contribution in [0.5, 0.6) is 0 Å². The highest BCUT2D eigenvalue weighted by Crippen LogP contribution is 2.31. The van der Waals surface area contributed by atoms with Crippen molar-refractivity contribution in [2.24, 2.45) is 0 Å². The number of carbonyl (C=O) groups is 1. The average molecular weight is 401 g/mol. The Morgan fingerprint density at radius 3 is 2.76 bits per heavy atom. The second-order valence-electron chi connectivity index (χ2n) is 5.75. The first-order chi connectivity index (χ1) is 12.0. The van der Waals surface area contributed by atoms with Gasteiger partial charge in [-0.1, -0.05) is 41.4 Å². The molecule has 0 saturated carbocycles. The molecule has 0 aliphatic heterocycles. The second kappa shape index (κ2) is 7.19. The molecular formula is C19H17BrN2O3. The van der Waals surface area contributed by atoms with Crippen molar-refractivity contribution in [1.82, 2.24) is 9.55 Å². The minimum absolute atomic E-state index is 0.213. The summed E-state index contributed by atoms with van der Waals surface area (Å²) in [5.41, 5.74) is 0.872. The number of nitrogens with zero attached hydrogens (tertiary/aromatic N) is 2. The lowest BCUT2D eigenvalue weighted by Crippen LogP contribution is -2.28. The van der Waals surface area contributed by atoms with E-state index in [-0.39, 0.29) is 5.56 Å². The summed E-state index contributed by atoms with van der Waals surface area (Å²) in [6.07, 6.45) is 3.30. The molecule has 1 N–H and O–H groups in total. The fraction of sp³-hybridized carbons (Fsp3) is 0.211. The van der Waals surface area contributed by atoms with Crippen LogP contribution in [0.2, 0.25) is 0 Å². The molecule has 0 amide bonds. The van der Waals surface area contributed by atoms with Crippen molar-refractivity contribution in [1.29, 1.82) is 0 Å². The van der Waals surface area contributed by atoms with E-state index in [2.05, 4.69) is 20.9 Å². The van der Waals surface area contributed by atoms with Crippen LogP contribution in [0.25, 0.3) is 22.2 Å². The molecule has 1 aromatic carbocycles. The maximum Gasteiger partial charge on any atom is 0.342 e. The largest absolute Gasteiger partial charge is 0.477 e. The number of benzene rings is 1. The quantitative estimate of drug-likeness (QED) is 0.691. The standard InChI is InChI=1S/C19H17BrN2O3/c1-2-3-10-22-17-14(8-5-9-21-17)15(16(18(22)23)19(24)25)12-6-4-7-13(20)11-12/h4-9,11H,2-3,10H2,1H3,(H,24,25). The van der Waals surface area contributed by atoms with Gasteiger partial charge in [0.1, 0.15) is 11.2 Å². The molecule has 0 atom stereocenters. The van der Waals surface area contributed by atoms with Crippen LogP contribution < -0.4 is 5.56 Å². The molecule has 0 radical (unpaired) electrons. The fourth-order valence-electron chi connectivity index (χ4n) is 2.95. The van der Waals surface area contributed by atoms with E-state index >= 15 is 0 Å². The van der Waals surface area contributed by atoms with Gasteiger partial charge in [0.25, 0.3) is 5.56 Å². The Balaban J connectivity index is 2.46. The predicted octanol–water partition coefficient (Wildman–Crippen LogP) is 4.32. The monoisotopic (exact) mass is 400 g/mol. The number of pyridine rings is 2. The van der Waals surface area contributed by atoms with Gasteiger partial charge in [-0.05, 0) is 36.2 Å². The number of aromatic carboxylic acids is 1. The first-order valence-electron chi connectivity index (χ1n) is 8.05. The molecule has 0 aliphatic carbocycles. The maximum absolute atomic E-state index is 12.9. The van der Waals surface area contributed by atoms with Gasteiger partial charge in [0.2, 0.25) is 0 Å². The summed E-state index contributed by atoms with van der Waals surface area (Å²) in [5.74, 6) is -1.23. The summed E-state index contributed by atoms with van der Waals surface area (Å²) in [4.78, 5) is 29.2. The zero-order chi connectivity index (χ0) is 18.0. The Hall–Kier alpha value is -2.47. The first kappa shape index (κ1) is 17.4. The lowest BCUT2D eigenvalue weighted by molar-refractivity contribution is 0.0695. The molecule has 2 aromatic heterocycles. The van der Waals surface area contributed by atoms with Gasteiger partial charge in [-0.25, -0.2) is 9.78 Å². The van der Waals surface area contributed by atoms with Crippen molar-refractivity contribution in [3.63, 3.8) is 0 Å². The van der Waals surface area contributed by atoms with Crippen molar-refractivity contribution in [2.45, 2.75) is 26.3 Å². The summed E-state index contributed by atoms with van der Waals surface area (Å²) in [5, 5.41) is 10.4. The minimum atomic E-state index is -1.23. The third-order valence-corrected chi connectivity index (χ3v) is 4.58. The van der Waals surface area contributed by atoms with E-state index in [1.54, 1.807) is 18.3 Å². The highest BCUT2D eigenvalue weighted by atomic mass is 79.9. The highest BCUT2D eigenvalue weighted by Gasteiger charge is 2.23. The molecule has 5 nitrogen and oxygen atoms in total.